The van der Waals surface area contributed by atoms with Gasteiger partial charge in [0.25, 0.3) is 0 Å². The van der Waals surface area contributed by atoms with Gasteiger partial charge >= 0.3 is 5.97 Å². The first-order valence-electron chi connectivity index (χ1n) is 13.7. The Balaban J connectivity index is 1.56. The molecule has 0 spiro atoms. The second kappa shape index (κ2) is 12.7. The normalized spacial score (nSPS) is 13.8. The fourth-order valence-corrected chi connectivity index (χ4v) is 6.14. The van der Waals surface area contributed by atoms with Crippen LogP contribution in [0.3, 0.4) is 0 Å². The van der Waals surface area contributed by atoms with E-state index in [1.54, 1.807) is 35.6 Å². The number of halogens is 1. The zero-order valence-electron chi connectivity index (χ0n) is 23.0. The molecule has 0 radical (unpaired) electrons. The van der Waals surface area contributed by atoms with Gasteiger partial charge in [-0.1, -0.05) is 23.5 Å². The second-order valence-corrected chi connectivity index (χ2v) is 10.6. The molecule has 1 aromatic heterocycles. The molecular formula is C31H34FN3O4S. The molecule has 210 valence electrons. The van der Waals surface area contributed by atoms with Crippen LogP contribution in [0.2, 0.25) is 0 Å². The third-order valence-corrected chi connectivity index (χ3v) is 8.08. The summed E-state index contributed by atoms with van der Waals surface area (Å²) in [5, 5.41) is 4.36. The van der Waals surface area contributed by atoms with Crippen molar-refractivity contribution in [2.45, 2.75) is 39.3 Å². The van der Waals surface area contributed by atoms with Crippen LogP contribution in [0, 0.1) is 5.82 Å². The number of nitrogens with zero attached hydrogens (tertiary/aromatic N) is 2. The Morgan fingerprint density at radius 1 is 1.02 bits per heavy atom. The highest BCUT2D eigenvalue weighted by Gasteiger charge is 2.26. The van der Waals surface area contributed by atoms with Crippen molar-refractivity contribution in [2.24, 2.45) is 0 Å². The number of ether oxygens (including phenoxy) is 3. The molecule has 0 bridgehead atoms. The summed E-state index contributed by atoms with van der Waals surface area (Å²) in [7, 11) is 1.38. The minimum absolute atomic E-state index is 0.288. The van der Waals surface area contributed by atoms with Gasteiger partial charge in [-0.2, -0.15) is 0 Å². The SMILES string of the molecule is CCOc1cc(CN(c2nc3cc(C(=O)OC)ccc3s2)C2CCNCC2)cc(OCC)c1-c1ccc(F)cc1. The molecular weight excluding hydrogens is 529 g/mol. The van der Waals surface area contributed by atoms with Gasteiger partial charge in [0.05, 0.1) is 41.7 Å². The van der Waals surface area contributed by atoms with Crippen LogP contribution in [0.15, 0.2) is 54.6 Å². The third-order valence-electron chi connectivity index (χ3n) is 7.00. The number of piperidine rings is 1. The molecule has 5 rings (SSSR count). The van der Waals surface area contributed by atoms with Crippen LogP contribution in [-0.4, -0.2) is 50.4 Å². The summed E-state index contributed by atoms with van der Waals surface area (Å²) in [6.07, 6.45) is 1.99. The summed E-state index contributed by atoms with van der Waals surface area (Å²) >= 11 is 1.62. The minimum atomic E-state index is -0.375. The molecule has 1 N–H and O–H groups in total. The van der Waals surface area contributed by atoms with E-state index < -0.39 is 0 Å². The quantitative estimate of drug-likeness (QED) is 0.223. The van der Waals surface area contributed by atoms with Crippen molar-refractivity contribution < 1.29 is 23.4 Å². The van der Waals surface area contributed by atoms with E-state index in [1.807, 2.05) is 19.9 Å². The Morgan fingerprint density at radius 3 is 2.33 bits per heavy atom. The molecule has 2 heterocycles. The fourth-order valence-electron chi connectivity index (χ4n) is 5.13. The number of aromatic nitrogens is 1. The first-order valence-corrected chi connectivity index (χ1v) is 14.5. The smallest absolute Gasteiger partial charge is 0.337 e. The van der Waals surface area contributed by atoms with Crippen LogP contribution in [-0.2, 0) is 11.3 Å². The summed E-state index contributed by atoms with van der Waals surface area (Å²) in [5.74, 6) is 0.739. The van der Waals surface area contributed by atoms with Crippen molar-refractivity contribution in [3.05, 3.63) is 71.5 Å². The molecule has 4 aromatic rings. The number of hydrogen-bond acceptors (Lipinski definition) is 8. The Morgan fingerprint density at radius 2 is 1.70 bits per heavy atom. The molecule has 0 saturated carbocycles. The number of rotatable bonds is 10. The zero-order chi connectivity index (χ0) is 28.1. The van der Waals surface area contributed by atoms with E-state index in [0.29, 0.717) is 42.9 Å². The highest BCUT2D eigenvalue weighted by Crippen LogP contribution is 2.41. The van der Waals surface area contributed by atoms with Crippen LogP contribution in [0.5, 0.6) is 11.5 Å². The maximum absolute atomic E-state index is 13.7. The molecule has 3 aromatic carbocycles. The number of thiazole rings is 1. The van der Waals surface area contributed by atoms with E-state index in [-0.39, 0.29) is 11.8 Å². The Kier molecular flexibility index (Phi) is 8.81. The number of hydrogen-bond donors (Lipinski definition) is 1. The molecule has 1 fully saturated rings. The second-order valence-electron chi connectivity index (χ2n) is 9.62. The van der Waals surface area contributed by atoms with Crippen LogP contribution < -0.4 is 19.7 Å². The maximum Gasteiger partial charge on any atom is 0.337 e. The molecule has 0 atom stereocenters. The first kappa shape index (κ1) is 27.9. The van der Waals surface area contributed by atoms with Crippen LogP contribution >= 0.6 is 11.3 Å². The van der Waals surface area contributed by atoms with Gasteiger partial charge in [0.2, 0.25) is 0 Å². The van der Waals surface area contributed by atoms with Crippen LogP contribution in [0.1, 0.15) is 42.6 Å². The standard InChI is InChI=1S/C31H34FN3O4S/c1-4-38-26-16-20(17-27(39-5-2)29(26)21-6-9-23(32)10-7-21)19-35(24-12-14-33-15-13-24)31-34-25-18-22(30(36)37-3)8-11-28(25)40-31/h6-11,16-18,24,33H,4-5,12-15,19H2,1-3H3. The monoisotopic (exact) mass is 563 g/mol. The zero-order valence-corrected chi connectivity index (χ0v) is 23.9. The highest BCUT2D eigenvalue weighted by atomic mass is 32.1. The number of methoxy groups -OCH3 is 1. The van der Waals surface area contributed by atoms with Crippen molar-refractivity contribution in [1.29, 1.82) is 0 Å². The molecule has 0 amide bonds. The average Bonchev–Trinajstić information content (AvgIpc) is 3.40. The number of fused-ring (bicyclic) bond motifs is 1. The number of carbonyl (C=O) groups is 1. The molecule has 40 heavy (non-hydrogen) atoms. The Labute approximate surface area is 237 Å². The predicted molar refractivity (Wildman–Crippen MR) is 157 cm³/mol. The van der Waals surface area contributed by atoms with Gasteiger partial charge in [0.15, 0.2) is 5.13 Å². The molecule has 0 aliphatic carbocycles. The molecule has 9 heteroatoms. The first-order chi connectivity index (χ1) is 19.5. The van der Waals surface area contributed by atoms with E-state index in [4.69, 9.17) is 19.2 Å². The predicted octanol–water partition coefficient (Wildman–Crippen LogP) is 6.45. The van der Waals surface area contributed by atoms with Crippen molar-refractivity contribution in [2.75, 3.05) is 38.3 Å². The Hall–Kier alpha value is -3.69. The summed E-state index contributed by atoms with van der Waals surface area (Å²) in [6, 6.07) is 16.3. The third kappa shape index (κ3) is 6.05. The van der Waals surface area contributed by atoms with Gasteiger partial charge in [-0.25, -0.2) is 14.2 Å². The lowest BCUT2D eigenvalue weighted by atomic mass is 9.99. The van der Waals surface area contributed by atoms with E-state index in [2.05, 4.69) is 22.3 Å². The van der Waals surface area contributed by atoms with Gasteiger partial charge in [-0.3, -0.25) is 0 Å². The highest BCUT2D eigenvalue weighted by molar-refractivity contribution is 7.22. The maximum atomic E-state index is 13.7. The molecule has 1 aliphatic rings. The van der Waals surface area contributed by atoms with Gasteiger partial charge < -0.3 is 24.4 Å². The molecule has 1 saturated heterocycles. The van der Waals surface area contributed by atoms with Gasteiger partial charge in [-0.05, 0) is 93.4 Å². The lowest BCUT2D eigenvalue weighted by molar-refractivity contribution is 0.0601. The number of anilines is 1. The number of carbonyl (C=O) groups excluding carboxylic acids is 1. The largest absolute Gasteiger partial charge is 0.493 e. The molecule has 1 aliphatic heterocycles. The Bertz CT molecular complexity index is 1440. The van der Waals surface area contributed by atoms with Crippen LogP contribution in [0.25, 0.3) is 21.3 Å². The fraction of sp³-hybridized carbons (Fsp3) is 0.355. The van der Waals surface area contributed by atoms with Gasteiger partial charge in [0, 0.05) is 12.6 Å². The molecule has 7 nitrogen and oxygen atoms in total. The van der Waals surface area contributed by atoms with Crippen LogP contribution in [0.4, 0.5) is 9.52 Å². The minimum Gasteiger partial charge on any atom is -0.493 e. The van der Waals surface area contributed by atoms with Gasteiger partial charge in [0.1, 0.15) is 17.3 Å². The lowest BCUT2D eigenvalue weighted by Crippen LogP contribution is -2.43. The average molecular weight is 564 g/mol. The summed E-state index contributed by atoms with van der Waals surface area (Å²) < 4.78 is 31.8. The topological polar surface area (TPSA) is 72.9 Å². The van der Waals surface area contributed by atoms with Crippen molar-refractivity contribution in [1.82, 2.24) is 10.3 Å². The number of nitrogens with one attached hydrogen (secondary N) is 1. The number of benzene rings is 3. The molecule has 0 unspecified atom stereocenters. The van der Waals surface area contributed by atoms with E-state index in [9.17, 15) is 9.18 Å². The van der Waals surface area contributed by atoms with Crippen molar-refractivity contribution in [3.63, 3.8) is 0 Å². The summed E-state index contributed by atoms with van der Waals surface area (Å²) in [4.78, 5) is 19.4. The lowest BCUT2D eigenvalue weighted by Gasteiger charge is -2.35. The summed E-state index contributed by atoms with van der Waals surface area (Å²) in [5.41, 5.74) is 3.95. The van der Waals surface area contributed by atoms with E-state index in [1.165, 1.54) is 19.2 Å². The van der Waals surface area contributed by atoms with Gasteiger partial charge in [-0.15, -0.1) is 0 Å². The van der Waals surface area contributed by atoms with Crippen molar-refractivity contribution >= 4 is 32.7 Å². The van der Waals surface area contributed by atoms with E-state index >= 15 is 0 Å². The number of esters is 1. The van der Waals surface area contributed by atoms with Crippen molar-refractivity contribution in [3.8, 4) is 22.6 Å². The van der Waals surface area contributed by atoms with E-state index in [0.717, 1.165) is 58.0 Å². The summed E-state index contributed by atoms with van der Waals surface area (Å²) in [6.45, 7) is 7.37.